The zero-order chi connectivity index (χ0) is 15.5. The zero-order valence-corrected chi connectivity index (χ0v) is 14.7. The number of nitrogens with zero attached hydrogens (tertiary/aromatic N) is 5. The number of hydrogen-bond acceptors (Lipinski definition) is 5. The predicted octanol–water partition coefficient (Wildman–Crippen LogP) is 1.17. The van der Waals surface area contributed by atoms with E-state index in [2.05, 4.69) is 37.2 Å². The van der Waals surface area contributed by atoms with E-state index in [0.717, 1.165) is 31.5 Å². The van der Waals surface area contributed by atoms with Crippen LogP contribution >= 0.6 is 12.4 Å². The summed E-state index contributed by atoms with van der Waals surface area (Å²) in [5.74, 6) is 0.923. The van der Waals surface area contributed by atoms with E-state index in [9.17, 15) is 0 Å². The van der Waals surface area contributed by atoms with Gasteiger partial charge in [-0.2, -0.15) is 0 Å². The second kappa shape index (κ2) is 8.07. The highest BCUT2D eigenvalue weighted by Gasteiger charge is 2.28. The fraction of sp³-hybridized carbons (Fsp3) is 0.529. The molecule has 2 fully saturated rings. The lowest BCUT2D eigenvalue weighted by molar-refractivity contribution is 0.170. The van der Waals surface area contributed by atoms with Crippen LogP contribution in [0.25, 0.3) is 5.82 Å². The largest absolute Gasteiger partial charge is 0.314 e. The number of likely N-dealkylation sites (tertiary alicyclic amines) is 1. The third kappa shape index (κ3) is 3.95. The van der Waals surface area contributed by atoms with Gasteiger partial charge in [0.25, 0.3) is 0 Å². The average molecular weight is 349 g/mol. The van der Waals surface area contributed by atoms with Gasteiger partial charge in [-0.05, 0) is 18.1 Å². The Morgan fingerprint density at radius 1 is 1.17 bits per heavy atom. The number of aromatic nitrogens is 3. The van der Waals surface area contributed by atoms with Crippen molar-refractivity contribution in [3.63, 3.8) is 0 Å². The summed E-state index contributed by atoms with van der Waals surface area (Å²) in [5, 5.41) is 3.44. The number of piperazine rings is 1. The van der Waals surface area contributed by atoms with Crippen LogP contribution in [0.1, 0.15) is 12.0 Å². The van der Waals surface area contributed by atoms with Crippen molar-refractivity contribution >= 4 is 12.4 Å². The molecule has 0 amide bonds. The molecule has 7 heteroatoms. The highest BCUT2D eigenvalue weighted by Crippen LogP contribution is 2.18. The van der Waals surface area contributed by atoms with Crippen molar-refractivity contribution in [2.45, 2.75) is 19.0 Å². The molecule has 2 aliphatic heterocycles. The summed E-state index contributed by atoms with van der Waals surface area (Å²) in [4.78, 5) is 13.8. The van der Waals surface area contributed by atoms with Gasteiger partial charge in [-0.3, -0.25) is 14.4 Å². The van der Waals surface area contributed by atoms with Gasteiger partial charge < -0.3 is 5.32 Å². The first kappa shape index (κ1) is 17.4. The molecule has 0 saturated carbocycles. The van der Waals surface area contributed by atoms with E-state index in [0.29, 0.717) is 0 Å². The molecular formula is C17H25ClN6. The lowest BCUT2D eigenvalue weighted by Gasteiger charge is -2.32. The maximum absolute atomic E-state index is 4.55. The molecule has 2 aromatic heterocycles. The molecule has 6 nitrogen and oxygen atoms in total. The average Bonchev–Trinajstić information content (AvgIpc) is 3.28. The normalized spacial score (nSPS) is 22.4. The molecule has 0 aliphatic carbocycles. The Balaban J connectivity index is 0.00000169. The highest BCUT2D eigenvalue weighted by atomic mass is 35.5. The van der Waals surface area contributed by atoms with Crippen LogP contribution in [-0.4, -0.2) is 69.6 Å². The molecule has 1 unspecified atom stereocenters. The molecule has 1 N–H and O–H groups in total. The van der Waals surface area contributed by atoms with Crippen molar-refractivity contribution in [2.75, 3.05) is 39.3 Å². The van der Waals surface area contributed by atoms with Crippen LogP contribution in [0.2, 0.25) is 0 Å². The maximum Gasteiger partial charge on any atom is 0.137 e. The van der Waals surface area contributed by atoms with Gasteiger partial charge in [0.2, 0.25) is 0 Å². The minimum Gasteiger partial charge on any atom is -0.314 e. The van der Waals surface area contributed by atoms with Crippen molar-refractivity contribution in [1.29, 1.82) is 0 Å². The monoisotopic (exact) mass is 348 g/mol. The number of imidazole rings is 1. The highest BCUT2D eigenvalue weighted by molar-refractivity contribution is 5.85. The van der Waals surface area contributed by atoms with Crippen LogP contribution in [0.15, 0.2) is 37.1 Å². The second-order valence-electron chi connectivity index (χ2n) is 6.46. The Morgan fingerprint density at radius 2 is 2.04 bits per heavy atom. The fourth-order valence-corrected chi connectivity index (χ4v) is 3.62. The Hall–Kier alpha value is -1.47. The lowest BCUT2D eigenvalue weighted by atomic mass is 10.2. The summed E-state index contributed by atoms with van der Waals surface area (Å²) in [6.45, 7) is 8.03. The van der Waals surface area contributed by atoms with E-state index in [-0.39, 0.29) is 12.4 Å². The zero-order valence-electron chi connectivity index (χ0n) is 13.8. The number of rotatable bonds is 4. The predicted molar refractivity (Wildman–Crippen MR) is 96.7 cm³/mol. The van der Waals surface area contributed by atoms with Crippen molar-refractivity contribution in [3.8, 4) is 5.82 Å². The number of halogens is 1. The van der Waals surface area contributed by atoms with Gasteiger partial charge in [-0.15, -0.1) is 12.4 Å². The molecule has 130 valence electrons. The van der Waals surface area contributed by atoms with Crippen molar-refractivity contribution < 1.29 is 0 Å². The third-order valence-electron chi connectivity index (χ3n) is 4.90. The van der Waals surface area contributed by atoms with Gasteiger partial charge in [0, 0.05) is 70.4 Å². The number of pyridine rings is 1. The van der Waals surface area contributed by atoms with E-state index in [1.165, 1.54) is 38.2 Å². The summed E-state index contributed by atoms with van der Waals surface area (Å²) < 4.78 is 1.93. The first-order valence-corrected chi connectivity index (χ1v) is 8.49. The summed E-state index contributed by atoms with van der Waals surface area (Å²) in [5.41, 5.74) is 1.29. The topological polar surface area (TPSA) is 49.2 Å². The molecule has 0 aromatic carbocycles. The summed E-state index contributed by atoms with van der Waals surface area (Å²) >= 11 is 0. The van der Waals surface area contributed by atoms with Crippen LogP contribution in [0, 0.1) is 0 Å². The molecule has 2 aromatic rings. The maximum atomic E-state index is 4.55. The Bertz CT molecular complexity index is 609. The molecule has 0 spiro atoms. The molecule has 4 rings (SSSR count). The lowest BCUT2D eigenvalue weighted by Crippen LogP contribution is -2.49. The minimum atomic E-state index is 0. The molecule has 2 saturated heterocycles. The van der Waals surface area contributed by atoms with Crippen LogP contribution in [-0.2, 0) is 6.54 Å². The molecule has 0 radical (unpaired) electrons. The van der Waals surface area contributed by atoms with Gasteiger partial charge in [0.15, 0.2) is 0 Å². The molecule has 1 atom stereocenters. The Labute approximate surface area is 149 Å². The smallest absolute Gasteiger partial charge is 0.137 e. The molecule has 2 aliphatic rings. The van der Waals surface area contributed by atoms with Crippen molar-refractivity contribution in [3.05, 3.63) is 42.6 Å². The summed E-state index contributed by atoms with van der Waals surface area (Å²) in [6.07, 6.45) is 8.76. The first-order chi connectivity index (χ1) is 11.4. The van der Waals surface area contributed by atoms with Gasteiger partial charge in [-0.25, -0.2) is 9.97 Å². The molecule has 4 heterocycles. The number of hydrogen-bond donors (Lipinski definition) is 1. The number of nitrogens with one attached hydrogen (secondary N) is 1. The Morgan fingerprint density at radius 3 is 2.75 bits per heavy atom. The van der Waals surface area contributed by atoms with Crippen molar-refractivity contribution in [1.82, 2.24) is 29.7 Å². The van der Waals surface area contributed by atoms with Gasteiger partial charge >= 0.3 is 0 Å². The molecule has 0 bridgehead atoms. The van der Waals surface area contributed by atoms with Gasteiger partial charge in [0.1, 0.15) is 12.1 Å². The SMILES string of the molecule is Cl.c1cn(-c2ccc(CN3CCC(N4CCNCC4)C3)cn2)cn1. The minimum absolute atomic E-state index is 0. The van der Waals surface area contributed by atoms with Crippen LogP contribution in [0.4, 0.5) is 0 Å². The standard InChI is InChI=1S/C17H24N6.ClH/c1-2-17(23-10-6-19-14-23)20-11-15(1)12-21-7-3-16(13-21)22-8-4-18-5-9-22;/h1-2,6,10-11,14,16,18H,3-5,7-9,12-13H2;1H. The third-order valence-corrected chi connectivity index (χ3v) is 4.90. The van der Waals surface area contributed by atoms with E-state index in [1.807, 2.05) is 17.0 Å². The Kier molecular flexibility index (Phi) is 5.84. The van der Waals surface area contributed by atoms with Gasteiger partial charge in [-0.1, -0.05) is 6.07 Å². The second-order valence-corrected chi connectivity index (χ2v) is 6.46. The molecule has 24 heavy (non-hydrogen) atoms. The van der Waals surface area contributed by atoms with Crippen molar-refractivity contribution in [2.24, 2.45) is 0 Å². The van der Waals surface area contributed by atoms with E-state index < -0.39 is 0 Å². The van der Waals surface area contributed by atoms with Gasteiger partial charge in [0.05, 0.1) is 0 Å². The van der Waals surface area contributed by atoms with Crippen LogP contribution < -0.4 is 5.32 Å². The quantitative estimate of drug-likeness (QED) is 0.898. The van der Waals surface area contributed by atoms with Crippen LogP contribution in [0.5, 0.6) is 0 Å². The molecular weight excluding hydrogens is 324 g/mol. The summed E-state index contributed by atoms with van der Waals surface area (Å²) in [6, 6.07) is 4.98. The van der Waals surface area contributed by atoms with E-state index in [1.54, 1.807) is 12.5 Å². The van der Waals surface area contributed by atoms with Crippen LogP contribution in [0.3, 0.4) is 0 Å². The van der Waals surface area contributed by atoms with E-state index >= 15 is 0 Å². The summed E-state index contributed by atoms with van der Waals surface area (Å²) in [7, 11) is 0. The van der Waals surface area contributed by atoms with E-state index in [4.69, 9.17) is 0 Å². The first-order valence-electron chi connectivity index (χ1n) is 8.49. The fourth-order valence-electron chi connectivity index (χ4n) is 3.62.